The highest BCUT2D eigenvalue weighted by Gasteiger charge is 2.06. The van der Waals surface area contributed by atoms with Crippen LogP contribution in [0.2, 0.25) is 0 Å². The number of halogens is 1. The molecule has 0 spiro atoms. The third kappa shape index (κ3) is 1.31. The summed E-state index contributed by atoms with van der Waals surface area (Å²) < 4.78 is 14.8. The fourth-order valence-corrected chi connectivity index (χ4v) is 1.90. The molecule has 2 rings (SSSR count). The van der Waals surface area contributed by atoms with Gasteiger partial charge in [-0.15, -0.1) is 0 Å². The fraction of sp³-hybridized carbons (Fsp3) is 0.222. The molecule has 68 valence electrons. The van der Waals surface area contributed by atoms with Crippen molar-refractivity contribution in [1.29, 1.82) is 0 Å². The third-order valence-electron chi connectivity index (χ3n) is 1.98. The summed E-state index contributed by atoms with van der Waals surface area (Å²) in [5, 5.41) is 0.903. The van der Waals surface area contributed by atoms with E-state index in [0.717, 1.165) is 10.7 Å². The number of aromatic nitrogens is 2. The predicted molar refractivity (Wildman–Crippen MR) is 52.5 cm³/mol. The van der Waals surface area contributed by atoms with Crippen LogP contribution < -0.4 is 0 Å². The van der Waals surface area contributed by atoms with Crippen LogP contribution >= 0.6 is 11.8 Å². The minimum Gasteiger partial charge on any atom is -0.322 e. The summed E-state index contributed by atoms with van der Waals surface area (Å²) >= 11 is 1.56. The maximum absolute atomic E-state index is 12.8. The Labute approximate surface area is 79.8 Å². The molecule has 0 unspecified atom stereocenters. The van der Waals surface area contributed by atoms with Crippen molar-refractivity contribution in [2.24, 2.45) is 7.05 Å². The second-order valence-electron chi connectivity index (χ2n) is 2.79. The normalized spacial score (nSPS) is 11.0. The van der Waals surface area contributed by atoms with Crippen molar-refractivity contribution in [3.05, 3.63) is 24.0 Å². The van der Waals surface area contributed by atoms with Gasteiger partial charge < -0.3 is 4.57 Å². The molecule has 4 heteroatoms. The maximum atomic E-state index is 12.8. The summed E-state index contributed by atoms with van der Waals surface area (Å²) in [5.74, 6) is -0.238. The lowest BCUT2D eigenvalue weighted by molar-refractivity contribution is 0.629. The highest BCUT2D eigenvalue weighted by molar-refractivity contribution is 7.98. The van der Waals surface area contributed by atoms with E-state index in [9.17, 15) is 4.39 Å². The largest absolute Gasteiger partial charge is 0.322 e. The quantitative estimate of drug-likeness (QED) is 0.652. The Hall–Kier alpha value is -1.03. The van der Waals surface area contributed by atoms with E-state index in [-0.39, 0.29) is 5.82 Å². The number of hydrogen-bond acceptors (Lipinski definition) is 2. The average Bonchev–Trinajstić information content (AvgIpc) is 2.42. The van der Waals surface area contributed by atoms with Crippen LogP contribution in [0.5, 0.6) is 0 Å². The highest BCUT2D eigenvalue weighted by atomic mass is 32.2. The number of hydrogen-bond donors (Lipinski definition) is 0. The SMILES string of the molecule is CSc1nc2cc(F)ccc2n1C. The van der Waals surface area contributed by atoms with E-state index < -0.39 is 0 Å². The molecule has 2 nitrogen and oxygen atoms in total. The summed E-state index contributed by atoms with van der Waals surface area (Å²) in [6.07, 6.45) is 1.96. The summed E-state index contributed by atoms with van der Waals surface area (Å²) in [7, 11) is 1.93. The lowest BCUT2D eigenvalue weighted by atomic mass is 10.3. The molecule has 2 aromatic rings. The van der Waals surface area contributed by atoms with E-state index in [0.29, 0.717) is 5.52 Å². The van der Waals surface area contributed by atoms with Crippen LogP contribution in [0, 0.1) is 5.82 Å². The van der Waals surface area contributed by atoms with E-state index in [2.05, 4.69) is 4.98 Å². The van der Waals surface area contributed by atoms with Crippen LogP contribution in [0.25, 0.3) is 11.0 Å². The first-order chi connectivity index (χ1) is 6.22. The maximum Gasteiger partial charge on any atom is 0.168 e. The fourth-order valence-electron chi connectivity index (χ4n) is 1.33. The Bertz CT molecular complexity index is 450. The molecule has 0 radical (unpaired) electrons. The molecule has 0 aliphatic rings. The number of rotatable bonds is 1. The highest BCUT2D eigenvalue weighted by Crippen LogP contribution is 2.21. The van der Waals surface area contributed by atoms with Gasteiger partial charge in [0.2, 0.25) is 0 Å². The van der Waals surface area contributed by atoms with Crippen molar-refractivity contribution >= 4 is 22.8 Å². The van der Waals surface area contributed by atoms with Gasteiger partial charge in [-0.3, -0.25) is 0 Å². The van der Waals surface area contributed by atoms with Crippen LogP contribution in [0.15, 0.2) is 23.4 Å². The number of fused-ring (bicyclic) bond motifs is 1. The summed E-state index contributed by atoms with van der Waals surface area (Å²) in [4.78, 5) is 4.28. The summed E-state index contributed by atoms with van der Waals surface area (Å²) in [6, 6.07) is 4.65. The molecule has 1 aromatic carbocycles. The van der Waals surface area contributed by atoms with Crippen molar-refractivity contribution in [3.63, 3.8) is 0 Å². The van der Waals surface area contributed by atoms with Crippen molar-refractivity contribution in [2.75, 3.05) is 6.26 Å². The predicted octanol–water partition coefficient (Wildman–Crippen LogP) is 2.43. The number of nitrogens with zero attached hydrogens (tertiary/aromatic N) is 2. The lowest BCUT2D eigenvalue weighted by Gasteiger charge is -1.96. The number of benzene rings is 1. The van der Waals surface area contributed by atoms with E-state index in [1.165, 1.54) is 12.1 Å². The standard InChI is InChI=1S/C9H9FN2S/c1-12-8-4-3-6(10)5-7(8)11-9(12)13-2/h3-5H,1-2H3. The van der Waals surface area contributed by atoms with Crippen LogP contribution in [0.3, 0.4) is 0 Å². The molecule has 13 heavy (non-hydrogen) atoms. The molecule has 1 heterocycles. The summed E-state index contributed by atoms with van der Waals surface area (Å²) in [5.41, 5.74) is 1.68. The monoisotopic (exact) mass is 196 g/mol. The molecule has 0 amide bonds. The molecule has 0 N–H and O–H groups in total. The minimum atomic E-state index is -0.238. The van der Waals surface area contributed by atoms with Crippen molar-refractivity contribution in [2.45, 2.75) is 5.16 Å². The summed E-state index contributed by atoms with van der Waals surface area (Å²) in [6.45, 7) is 0. The number of aryl methyl sites for hydroxylation is 1. The van der Waals surface area contributed by atoms with Crippen LogP contribution in [0.4, 0.5) is 4.39 Å². The van der Waals surface area contributed by atoms with Gasteiger partial charge in [-0.1, -0.05) is 11.8 Å². The topological polar surface area (TPSA) is 17.8 Å². The Morgan fingerprint density at radius 2 is 2.23 bits per heavy atom. The van der Waals surface area contributed by atoms with Crippen molar-refractivity contribution < 1.29 is 4.39 Å². The van der Waals surface area contributed by atoms with Gasteiger partial charge in [-0.2, -0.15) is 0 Å². The van der Waals surface area contributed by atoms with Gasteiger partial charge in [-0.05, 0) is 18.4 Å². The Morgan fingerprint density at radius 3 is 2.92 bits per heavy atom. The molecular weight excluding hydrogens is 187 g/mol. The Kier molecular flexibility index (Phi) is 2.00. The van der Waals surface area contributed by atoms with E-state index >= 15 is 0 Å². The molecule has 0 bridgehead atoms. The van der Waals surface area contributed by atoms with Gasteiger partial charge in [0.25, 0.3) is 0 Å². The Morgan fingerprint density at radius 1 is 1.46 bits per heavy atom. The second-order valence-corrected chi connectivity index (χ2v) is 3.56. The average molecular weight is 196 g/mol. The van der Waals surface area contributed by atoms with E-state index in [1.54, 1.807) is 17.8 Å². The number of imidazole rings is 1. The third-order valence-corrected chi connectivity index (χ3v) is 2.71. The van der Waals surface area contributed by atoms with E-state index in [4.69, 9.17) is 0 Å². The first-order valence-corrected chi connectivity index (χ1v) is 5.11. The first-order valence-electron chi connectivity index (χ1n) is 3.88. The van der Waals surface area contributed by atoms with Crippen LogP contribution in [-0.2, 0) is 7.05 Å². The zero-order valence-electron chi connectivity index (χ0n) is 7.41. The molecule has 0 saturated heterocycles. The molecule has 0 fully saturated rings. The molecule has 0 aliphatic heterocycles. The van der Waals surface area contributed by atoms with Gasteiger partial charge in [0.05, 0.1) is 11.0 Å². The lowest BCUT2D eigenvalue weighted by Crippen LogP contribution is -1.88. The van der Waals surface area contributed by atoms with Gasteiger partial charge in [0, 0.05) is 13.1 Å². The second kappa shape index (κ2) is 3.03. The van der Waals surface area contributed by atoms with Gasteiger partial charge in [0.1, 0.15) is 5.82 Å². The smallest absolute Gasteiger partial charge is 0.168 e. The van der Waals surface area contributed by atoms with Gasteiger partial charge >= 0.3 is 0 Å². The van der Waals surface area contributed by atoms with Crippen LogP contribution in [-0.4, -0.2) is 15.8 Å². The van der Waals surface area contributed by atoms with Gasteiger partial charge in [0.15, 0.2) is 5.16 Å². The van der Waals surface area contributed by atoms with Crippen molar-refractivity contribution in [1.82, 2.24) is 9.55 Å². The Balaban J connectivity index is 2.76. The zero-order valence-corrected chi connectivity index (χ0v) is 8.23. The molecular formula is C9H9FN2S. The molecule has 0 aliphatic carbocycles. The molecule has 0 atom stereocenters. The zero-order chi connectivity index (χ0) is 9.42. The molecule has 1 aromatic heterocycles. The van der Waals surface area contributed by atoms with E-state index in [1.807, 2.05) is 17.9 Å². The minimum absolute atomic E-state index is 0.238. The molecule has 0 saturated carbocycles. The van der Waals surface area contributed by atoms with Gasteiger partial charge in [-0.25, -0.2) is 9.37 Å². The first kappa shape index (κ1) is 8.56. The van der Waals surface area contributed by atoms with Crippen LogP contribution in [0.1, 0.15) is 0 Å². The van der Waals surface area contributed by atoms with Crippen molar-refractivity contribution in [3.8, 4) is 0 Å². The number of thioether (sulfide) groups is 1.